The van der Waals surface area contributed by atoms with Gasteiger partial charge in [-0.05, 0) is 54.1 Å². The summed E-state index contributed by atoms with van der Waals surface area (Å²) in [5, 5.41) is 1.39. The lowest BCUT2D eigenvalue weighted by Gasteiger charge is -2.17. The van der Waals surface area contributed by atoms with Crippen LogP contribution in [0.5, 0.6) is 0 Å². The average molecular weight is 370 g/mol. The molecule has 0 aromatic heterocycles. The fraction of sp³-hybridized carbons (Fsp3) is 0.273. The fourth-order valence-electron chi connectivity index (χ4n) is 2.25. The Balaban J connectivity index is 2.16. The predicted molar refractivity (Wildman–Crippen MR) is 100 cm³/mol. The van der Waals surface area contributed by atoms with E-state index in [1.807, 2.05) is 0 Å². The second-order valence-electron chi connectivity index (χ2n) is 5.36. The molecule has 0 saturated heterocycles. The monoisotopic (exact) mass is 370 g/mol. The van der Waals surface area contributed by atoms with Crippen molar-refractivity contribution in [2.24, 2.45) is 0 Å². The second-order valence-corrected chi connectivity index (χ2v) is 5.36. The molecule has 26 heavy (non-hydrogen) atoms. The molecular weight excluding hydrogens is 335 g/mol. The first kappa shape index (κ1) is 8.13. The molecular formula is C22H22F3N. The van der Waals surface area contributed by atoms with Crippen LogP contribution in [0.25, 0.3) is 10.8 Å². The van der Waals surface area contributed by atoms with E-state index in [4.69, 9.17) is 17.8 Å². The number of hydrogen-bond donors (Lipinski definition) is 1. The van der Waals surface area contributed by atoms with Crippen LogP contribution in [0.1, 0.15) is 53.8 Å². The van der Waals surface area contributed by atoms with Gasteiger partial charge in [0, 0.05) is 14.3 Å². The smallest absolute Gasteiger partial charge is 0.310 e. The van der Waals surface area contributed by atoms with E-state index < -0.39 is 90.3 Å². The van der Waals surface area contributed by atoms with Crippen LogP contribution >= 0.6 is 0 Å². The standard InChI is InChI=1S/C22H22F3N/c1-16(20-13-5-10-18-9-2-3-12-21(18)20)26-14-6-8-17-7-4-11-19(15-17)22(23,24)25/h2-5,7,9-13,15-16,26H,6,8,14H2,1H3/t16-/m1/s1/i2D,3D,5D,6D2,8D2,9D,10D,12D,13D,14D2. The van der Waals surface area contributed by atoms with Gasteiger partial charge in [0.1, 0.15) is 0 Å². The molecule has 0 bridgehead atoms. The predicted octanol–water partition coefficient (Wildman–Crippen LogP) is 6.14. The molecule has 0 spiro atoms. The summed E-state index contributed by atoms with van der Waals surface area (Å²) >= 11 is 0. The Bertz CT molecular complexity index is 1450. The van der Waals surface area contributed by atoms with Crippen molar-refractivity contribution in [3.8, 4) is 0 Å². The Morgan fingerprint density at radius 1 is 1.12 bits per heavy atom. The van der Waals surface area contributed by atoms with Gasteiger partial charge in [-0.1, -0.05) is 60.5 Å². The van der Waals surface area contributed by atoms with E-state index in [0.29, 0.717) is 12.1 Å². The van der Waals surface area contributed by atoms with Crippen LogP contribution in [0, 0.1) is 0 Å². The quantitative estimate of drug-likeness (QED) is 0.549. The van der Waals surface area contributed by atoms with E-state index in [2.05, 4.69) is 5.32 Å². The highest BCUT2D eigenvalue weighted by molar-refractivity contribution is 5.86. The number of hydrogen-bond acceptors (Lipinski definition) is 1. The summed E-state index contributed by atoms with van der Waals surface area (Å²) in [5.74, 6) is 0. The number of halogens is 3. The SMILES string of the molecule is [2H]c1c([2H])c([2H])c2c([C@@H](C)NC([2H])([2H])C([2H])([2H])C([2H])([2H])c3cccc(C(F)(F)F)c3)c([2H])c([2H])c([2H])c2c1[2H]. The van der Waals surface area contributed by atoms with Crippen LogP contribution in [0.4, 0.5) is 13.2 Å². The minimum atomic E-state index is -4.87. The molecule has 0 amide bonds. The molecule has 0 radical (unpaired) electrons. The second kappa shape index (κ2) is 7.92. The average Bonchev–Trinajstić information content (AvgIpc) is 2.83. The van der Waals surface area contributed by atoms with Crippen molar-refractivity contribution in [3.05, 3.63) is 83.3 Å². The molecule has 0 aliphatic rings. The van der Waals surface area contributed by atoms with E-state index in [1.165, 1.54) is 6.92 Å². The topological polar surface area (TPSA) is 12.0 Å². The highest BCUT2D eigenvalue weighted by atomic mass is 19.4. The van der Waals surface area contributed by atoms with Crippen molar-refractivity contribution in [2.75, 3.05) is 6.50 Å². The molecule has 4 heteroatoms. The van der Waals surface area contributed by atoms with Crippen molar-refractivity contribution < 1.29 is 31.0 Å². The molecule has 1 nitrogen and oxygen atoms in total. The van der Waals surface area contributed by atoms with Crippen LogP contribution < -0.4 is 5.32 Å². The maximum atomic E-state index is 13.2. The molecule has 1 N–H and O–H groups in total. The van der Waals surface area contributed by atoms with Gasteiger partial charge in [0.25, 0.3) is 0 Å². The minimum Gasteiger partial charge on any atom is -0.310 e. The van der Waals surface area contributed by atoms with Crippen LogP contribution in [0.2, 0.25) is 0 Å². The first-order valence-electron chi connectivity index (χ1n) is 14.0. The highest BCUT2D eigenvalue weighted by Crippen LogP contribution is 2.29. The van der Waals surface area contributed by atoms with Crippen molar-refractivity contribution >= 4 is 10.8 Å². The zero-order chi connectivity index (χ0) is 30.0. The molecule has 0 aliphatic carbocycles. The zero-order valence-electron chi connectivity index (χ0n) is 26.5. The Morgan fingerprint density at radius 2 is 1.88 bits per heavy atom. The van der Waals surface area contributed by atoms with Gasteiger partial charge in [0.05, 0.1) is 15.2 Å². The van der Waals surface area contributed by atoms with Gasteiger partial charge in [-0.15, -0.1) is 0 Å². The van der Waals surface area contributed by atoms with E-state index in [0.717, 1.165) is 12.1 Å². The Hall–Kier alpha value is -2.33. The molecule has 0 fully saturated rings. The lowest BCUT2D eigenvalue weighted by atomic mass is 9.99. The summed E-state index contributed by atoms with van der Waals surface area (Å²) in [7, 11) is 0. The number of rotatable bonds is 6. The Labute approximate surface area is 170 Å². The molecule has 3 aromatic rings. The number of benzene rings is 3. The number of alkyl halides is 3. The van der Waals surface area contributed by atoms with Crippen molar-refractivity contribution in [3.63, 3.8) is 0 Å². The van der Waals surface area contributed by atoms with Crippen LogP contribution in [0.3, 0.4) is 0 Å². The van der Waals surface area contributed by atoms with E-state index in [9.17, 15) is 13.2 Å². The maximum absolute atomic E-state index is 13.2. The third-order valence-electron chi connectivity index (χ3n) is 3.52. The number of aryl methyl sites for hydroxylation is 1. The van der Waals surface area contributed by atoms with Gasteiger partial charge >= 0.3 is 6.18 Å². The van der Waals surface area contributed by atoms with Crippen LogP contribution in [-0.4, -0.2) is 6.50 Å². The lowest BCUT2D eigenvalue weighted by molar-refractivity contribution is -0.137. The maximum Gasteiger partial charge on any atom is 0.416 e. The molecule has 1 atom stereocenters. The number of fused-ring (bicyclic) bond motifs is 1. The number of nitrogens with one attached hydrogen (secondary N) is 1. The van der Waals surface area contributed by atoms with Crippen molar-refractivity contribution in [1.82, 2.24) is 5.32 Å². The van der Waals surface area contributed by atoms with Gasteiger partial charge in [-0.3, -0.25) is 0 Å². The van der Waals surface area contributed by atoms with E-state index >= 15 is 0 Å². The molecule has 136 valence electrons. The summed E-state index contributed by atoms with van der Waals surface area (Å²) in [5.41, 5.74) is -2.41. The molecule has 0 aliphatic heterocycles. The van der Waals surface area contributed by atoms with Crippen LogP contribution in [0.15, 0.2) is 66.6 Å². The Morgan fingerprint density at radius 3 is 2.69 bits per heavy atom. The van der Waals surface area contributed by atoms with Gasteiger partial charge < -0.3 is 5.32 Å². The van der Waals surface area contributed by atoms with Gasteiger partial charge in [-0.2, -0.15) is 13.2 Å². The fourth-order valence-corrected chi connectivity index (χ4v) is 2.25. The molecule has 3 aromatic carbocycles. The lowest BCUT2D eigenvalue weighted by Crippen LogP contribution is -2.20. The van der Waals surface area contributed by atoms with Gasteiger partial charge in [0.15, 0.2) is 0 Å². The Kier molecular flexibility index (Phi) is 2.48. The van der Waals surface area contributed by atoms with Gasteiger partial charge in [0.2, 0.25) is 0 Å². The molecule has 0 heterocycles. The third kappa shape index (κ3) is 4.44. The van der Waals surface area contributed by atoms with Crippen molar-refractivity contribution in [1.29, 1.82) is 0 Å². The minimum absolute atomic E-state index is 0.364. The summed E-state index contributed by atoms with van der Waals surface area (Å²) < 4.78 is 146. The summed E-state index contributed by atoms with van der Waals surface area (Å²) in [6, 6.07) is -3.60. The molecule has 0 unspecified atom stereocenters. The van der Waals surface area contributed by atoms with E-state index in [1.54, 1.807) is 0 Å². The summed E-state index contributed by atoms with van der Waals surface area (Å²) in [4.78, 5) is 0. The van der Waals surface area contributed by atoms with Gasteiger partial charge in [-0.25, -0.2) is 0 Å². The molecule has 0 saturated carbocycles. The first-order valence-corrected chi connectivity index (χ1v) is 7.54. The zero-order valence-corrected chi connectivity index (χ0v) is 13.5. The van der Waals surface area contributed by atoms with Crippen molar-refractivity contribution in [2.45, 2.75) is 31.9 Å². The molecule has 3 rings (SSSR count). The first-order chi connectivity index (χ1) is 17.6. The van der Waals surface area contributed by atoms with E-state index in [-0.39, 0.29) is 10.9 Å². The third-order valence-corrected chi connectivity index (χ3v) is 3.52. The summed E-state index contributed by atoms with van der Waals surface area (Å²) in [6.07, 6.45) is -11.7. The largest absolute Gasteiger partial charge is 0.416 e. The van der Waals surface area contributed by atoms with Crippen LogP contribution in [-0.2, 0) is 12.5 Å². The highest BCUT2D eigenvalue weighted by Gasteiger charge is 2.30. The summed E-state index contributed by atoms with van der Waals surface area (Å²) in [6.45, 7) is -2.17. The normalized spacial score (nSPS) is 21.9.